The molecular formula is C19H28O3. The lowest BCUT2D eigenvalue weighted by Gasteiger charge is -2.26. The molecule has 1 aromatic carbocycles. The first-order valence-electron chi connectivity index (χ1n) is 8.81. The third-order valence-corrected chi connectivity index (χ3v) is 4.96. The fraction of sp³-hybridized carbons (Fsp3) is 0.684. The first-order chi connectivity index (χ1) is 10.8. The summed E-state index contributed by atoms with van der Waals surface area (Å²) in [6.07, 6.45) is 9.05. The van der Waals surface area contributed by atoms with E-state index in [-0.39, 0.29) is 6.10 Å². The van der Waals surface area contributed by atoms with Gasteiger partial charge >= 0.3 is 0 Å². The predicted octanol–water partition coefficient (Wildman–Crippen LogP) is 4.14. The summed E-state index contributed by atoms with van der Waals surface area (Å²) in [4.78, 5) is 0. The molecule has 1 aromatic rings. The molecule has 1 aliphatic heterocycles. The second-order valence-corrected chi connectivity index (χ2v) is 6.74. The molecule has 1 saturated heterocycles. The van der Waals surface area contributed by atoms with Crippen LogP contribution in [-0.2, 0) is 16.1 Å². The van der Waals surface area contributed by atoms with Gasteiger partial charge in [0.1, 0.15) is 0 Å². The highest BCUT2D eigenvalue weighted by atomic mass is 16.6. The fourth-order valence-electron chi connectivity index (χ4n) is 3.63. The summed E-state index contributed by atoms with van der Waals surface area (Å²) in [5.41, 5.74) is 2.71. The Kier molecular flexibility index (Phi) is 5.88. The third kappa shape index (κ3) is 4.55. The third-order valence-electron chi connectivity index (χ3n) is 4.96. The molecule has 1 heterocycles. The first-order valence-corrected chi connectivity index (χ1v) is 8.81. The van der Waals surface area contributed by atoms with Crippen LogP contribution in [0.3, 0.4) is 0 Å². The quantitative estimate of drug-likeness (QED) is 0.888. The molecule has 0 bridgehead atoms. The summed E-state index contributed by atoms with van der Waals surface area (Å²) in [6, 6.07) is 8.94. The van der Waals surface area contributed by atoms with Crippen LogP contribution in [0.4, 0.5) is 0 Å². The molecule has 2 atom stereocenters. The van der Waals surface area contributed by atoms with Crippen molar-refractivity contribution in [3.63, 3.8) is 0 Å². The van der Waals surface area contributed by atoms with Crippen LogP contribution in [-0.4, -0.2) is 24.1 Å². The maximum Gasteiger partial charge on any atom is 0.155 e. The van der Waals surface area contributed by atoms with Crippen molar-refractivity contribution in [1.82, 2.24) is 0 Å². The number of ether oxygens (including phenoxy) is 2. The van der Waals surface area contributed by atoms with Crippen LogP contribution in [0.25, 0.3) is 0 Å². The SMILES string of the molecule is OC1CCCC(COCc2ccc(C3CCCCC3)cc2)O1. The molecular weight excluding hydrogens is 276 g/mol. The Morgan fingerprint density at radius 2 is 1.73 bits per heavy atom. The van der Waals surface area contributed by atoms with E-state index >= 15 is 0 Å². The smallest absolute Gasteiger partial charge is 0.155 e. The molecule has 0 spiro atoms. The van der Waals surface area contributed by atoms with Crippen LogP contribution in [0.15, 0.2) is 24.3 Å². The molecule has 2 aliphatic rings. The van der Waals surface area contributed by atoms with E-state index in [0.29, 0.717) is 13.2 Å². The topological polar surface area (TPSA) is 38.7 Å². The zero-order chi connectivity index (χ0) is 15.2. The van der Waals surface area contributed by atoms with E-state index in [4.69, 9.17) is 9.47 Å². The zero-order valence-electron chi connectivity index (χ0n) is 13.4. The van der Waals surface area contributed by atoms with Crippen molar-refractivity contribution < 1.29 is 14.6 Å². The van der Waals surface area contributed by atoms with Crippen molar-refractivity contribution in [3.05, 3.63) is 35.4 Å². The van der Waals surface area contributed by atoms with Crippen LogP contribution in [0.5, 0.6) is 0 Å². The fourth-order valence-corrected chi connectivity index (χ4v) is 3.63. The number of aliphatic hydroxyl groups is 1. The van der Waals surface area contributed by atoms with E-state index in [0.717, 1.165) is 25.2 Å². The monoisotopic (exact) mass is 304 g/mol. The highest BCUT2D eigenvalue weighted by Gasteiger charge is 2.20. The first kappa shape index (κ1) is 16.0. The minimum atomic E-state index is -0.600. The van der Waals surface area contributed by atoms with E-state index in [1.165, 1.54) is 43.2 Å². The van der Waals surface area contributed by atoms with Crippen molar-refractivity contribution in [2.45, 2.75) is 76.3 Å². The van der Waals surface area contributed by atoms with Gasteiger partial charge in [0.25, 0.3) is 0 Å². The summed E-state index contributed by atoms with van der Waals surface area (Å²) in [5.74, 6) is 0.765. The van der Waals surface area contributed by atoms with Crippen LogP contribution in [0.2, 0.25) is 0 Å². The molecule has 0 radical (unpaired) electrons. The van der Waals surface area contributed by atoms with Gasteiger partial charge in [0.2, 0.25) is 0 Å². The summed E-state index contributed by atoms with van der Waals surface area (Å²) < 4.78 is 11.2. The van der Waals surface area contributed by atoms with Crippen LogP contribution >= 0.6 is 0 Å². The van der Waals surface area contributed by atoms with Gasteiger partial charge < -0.3 is 14.6 Å². The van der Waals surface area contributed by atoms with Gasteiger partial charge in [0.15, 0.2) is 6.29 Å². The Labute approximate surface area is 133 Å². The average Bonchev–Trinajstić information content (AvgIpc) is 2.56. The number of benzene rings is 1. The molecule has 0 amide bonds. The van der Waals surface area contributed by atoms with Crippen LogP contribution in [0.1, 0.15) is 68.4 Å². The second-order valence-electron chi connectivity index (χ2n) is 6.74. The molecule has 3 heteroatoms. The van der Waals surface area contributed by atoms with Crippen molar-refractivity contribution in [2.24, 2.45) is 0 Å². The van der Waals surface area contributed by atoms with E-state index in [1.807, 2.05) is 0 Å². The predicted molar refractivity (Wildman–Crippen MR) is 86.7 cm³/mol. The van der Waals surface area contributed by atoms with Crippen molar-refractivity contribution >= 4 is 0 Å². The molecule has 3 nitrogen and oxygen atoms in total. The number of rotatable bonds is 5. The number of hydrogen-bond acceptors (Lipinski definition) is 3. The Balaban J connectivity index is 1.42. The van der Waals surface area contributed by atoms with E-state index in [1.54, 1.807) is 0 Å². The molecule has 3 rings (SSSR count). The molecule has 2 fully saturated rings. The van der Waals surface area contributed by atoms with Crippen molar-refractivity contribution in [3.8, 4) is 0 Å². The molecule has 2 unspecified atom stereocenters. The van der Waals surface area contributed by atoms with Gasteiger partial charge in [-0.25, -0.2) is 0 Å². The largest absolute Gasteiger partial charge is 0.374 e. The zero-order valence-corrected chi connectivity index (χ0v) is 13.4. The Hall–Kier alpha value is -0.900. The highest BCUT2D eigenvalue weighted by Crippen LogP contribution is 2.32. The summed E-state index contributed by atoms with van der Waals surface area (Å²) in [6.45, 7) is 1.20. The van der Waals surface area contributed by atoms with Crippen LogP contribution in [0, 0.1) is 0 Å². The highest BCUT2D eigenvalue weighted by molar-refractivity contribution is 5.25. The van der Waals surface area contributed by atoms with Crippen molar-refractivity contribution in [2.75, 3.05) is 6.61 Å². The molecule has 0 aromatic heterocycles. The standard InChI is InChI=1S/C19H28O3/c20-19-8-4-7-18(22-19)14-21-13-15-9-11-17(12-10-15)16-5-2-1-3-6-16/h9-12,16,18-20H,1-8,13-14H2. The Morgan fingerprint density at radius 3 is 2.45 bits per heavy atom. The molecule has 122 valence electrons. The van der Waals surface area contributed by atoms with Gasteiger partial charge in [0, 0.05) is 0 Å². The number of aliphatic hydroxyl groups excluding tert-OH is 1. The molecule has 22 heavy (non-hydrogen) atoms. The van der Waals surface area contributed by atoms with E-state index < -0.39 is 6.29 Å². The number of hydrogen-bond donors (Lipinski definition) is 1. The van der Waals surface area contributed by atoms with Gasteiger partial charge in [-0.05, 0) is 49.1 Å². The van der Waals surface area contributed by atoms with E-state index in [2.05, 4.69) is 24.3 Å². The molecule has 1 N–H and O–H groups in total. The average molecular weight is 304 g/mol. The van der Waals surface area contributed by atoms with Gasteiger partial charge in [-0.2, -0.15) is 0 Å². The van der Waals surface area contributed by atoms with Crippen LogP contribution < -0.4 is 0 Å². The van der Waals surface area contributed by atoms with Crippen molar-refractivity contribution in [1.29, 1.82) is 0 Å². The second kappa shape index (κ2) is 8.09. The lowest BCUT2D eigenvalue weighted by Crippen LogP contribution is -2.30. The lowest BCUT2D eigenvalue weighted by molar-refractivity contribution is -0.178. The molecule has 1 aliphatic carbocycles. The molecule has 1 saturated carbocycles. The maximum absolute atomic E-state index is 9.47. The van der Waals surface area contributed by atoms with E-state index in [9.17, 15) is 5.11 Å². The normalized spacial score (nSPS) is 27.0. The van der Waals surface area contributed by atoms with Gasteiger partial charge in [-0.3, -0.25) is 0 Å². The Bertz CT molecular complexity index is 436. The summed E-state index contributed by atoms with van der Waals surface area (Å²) >= 11 is 0. The summed E-state index contributed by atoms with van der Waals surface area (Å²) in [7, 11) is 0. The van der Waals surface area contributed by atoms with Gasteiger partial charge in [-0.15, -0.1) is 0 Å². The minimum absolute atomic E-state index is 0.0465. The Morgan fingerprint density at radius 1 is 0.955 bits per heavy atom. The van der Waals surface area contributed by atoms with Gasteiger partial charge in [0.05, 0.1) is 19.3 Å². The lowest BCUT2D eigenvalue weighted by atomic mass is 9.84. The summed E-state index contributed by atoms with van der Waals surface area (Å²) in [5, 5.41) is 9.47. The maximum atomic E-state index is 9.47. The minimum Gasteiger partial charge on any atom is -0.374 e. The van der Waals surface area contributed by atoms with Gasteiger partial charge in [-0.1, -0.05) is 43.5 Å².